The van der Waals surface area contributed by atoms with E-state index in [4.69, 9.17) is 4.74 Å². The van der Waals surface area contributed by atoms with E-state index in [-0.39, 0.29) is 17.0 Å². The van der Waals surface area contributed by atoms with E-state index in [9.17, 15) is 9.18 Å². The molecule has 1 amide bonds. The minimum atomic E-state index is -0.321. The Morgan fingerprint density at radius 1 is 1.28 bits per heavy atom. The van der Waals surface area contributed by atoms with Gasteiger partial charge in [-0.1, -0.05) is 6.07 Å². The van der Waals surface area contributed by atoms with Crippen LogP contribution in [0.5, 0.6) is 5.75 Å². The lowest BCUT2D eigenvalue weighted by Crippen LogP contribution is -2.50. The van der Waals surface area contributed by atoms with Crippen LogP contribution in [0, 0.1) is 17.2 Å². The van der Waals surface area contributed by atoms with Crippen LogP contribution in [-0.4, -0.2) is 49.0 Å². The lowest BCUT2D eigenvalue weighted by molar-refractivity contribution is -0.145. The normalized spacial score (nSPS) is 27.3. The maximum atomic E-state index is 13.9. The molecule has 1 aliphatic carbocycles. The van der Waals surface area contributed by atoms with Gasteiger partial charge in [0.25, 0.3) is 0 Å². The Labute approximate surface area is 148 Å². The summed E-state index contributed by atoms with van der Waals surface area (Å²) in [6.45, 7) is 4.31. The average molecular weight is 346 g/mol. The first-order chi connectivity index (χ1) is 12.1. The number of hydrogen-bond acceptors (Lipinski definition) is 3. The quantitative estimate of drug-likeness (QED) is 0.821. The molecular formula is C20H27FN2O2. The Kier molecular flexibility index (Phi) is 4.44. The van der Waals surface area contributed by atoms with Gasteiger partial charge >= 0.3 is 0 Å². The van der Waals surface area contributed by atoms with Gasteiger partial charge in [0, 0.05) is 26.2 Å². The minimum absolute atomic E-state index is 0.196. The summed E-state index contributed by atoms with van der Waals surface area (Å²) in [5, 5.41) is 0. The third-order valence-corrected chi connectivity index (χ3v) is 6.06. The van der Waals surface area contributed by atoms with Crippen LogP contribution in [0.15, 0.2) is 18.2 Å². The summed E-state index contributed by atoms with van der Waals surface area (Å²) < 4.78 is 18.9. The fraction of sp³-hybridized carbons (Fsp3) is 0.650. The first-order valence-corrected chi connectivity index (χ1v) is 9.44. The molecule has 0 aromatic heterocycles. The monoisotopic (exact) mass is 346 g/mol. The van der Waals surface area contributed by atoms with E-state index >= 15 is 0 Å². The molecule has 5 heteroatoms. The molecule has 2 aliphatic heterocycles. The summed E-state index contributed by atoms with van der Waals surface area (Å²) in [5.74, 6) is 1.08. The number of benzene rings is 1. The highest BCUT2D eigenvalue weighted by Crippen LogP contribution is 2.42. The molecule has 0 radical (unpaired) electrons. The predicted molar refractivity (Wildman–Crippen MR) is 93.8 cm³/mol. The fourth-order valence-electron chi connectivity index (χ4n) is 4.48. The van der Waals surface area contributed by atoms with Crippen molar-refractivity contribution in [2.75, 3.05) is 33.3 Å². The van der Waals surface area contributed by atoms with Crippen LogP contribution in [0.1, 0.15) is 37.7 Å². The lowest BCUT2D eigenvalue weighted by Gasteiger charge is -2.39. The number of carbonyl (C=O) groups excluding carboxylic acids is 1. The number of halogens is 1. The van der Waals surface area contributed by atoms with Gasteiger partial charge in [-0.15, -0.1) is 0 Å². The number of hydrogen-bond donors (Lipinski definition) is 0. The topological polar surface area (TPSA) is 32.8 Å². The molecule has 4 nitrogen and oxygen atoms in total. The van der Waals surface area contributed by atoms with Gasteiger partial charge in [-0.2, -0.15) is 0 Å². The van der Waals surface area contributed by atoms with Gasteiger partial charge in [-0.05, 0) is 62.3 Å². The van der Waals surface area contributed by atoms with Gasteiger partial charge in [0.1, 0.15) is 0 Å². The van der Waals surface area contributed by atoms with Crippen LogP contribution >= 0.6 is 0 Å². The fourth-order valence-corrected chi connectivity index (χ4v) is 4.48. The molecule has 1 saturated carbocycles. The molecule has 2 heterocycles. The van der Waals surface area contributed by atoms with E-state index in [2.05, 4.69) is 9.80 Å². The zero-order valence-electron chi connectivity index (χ0n) is 15.0. The molecular weight excluding hydrogens is 319 g/mol. The minimum Gasteiger partial charge on any atom is -0.494 e. The Bertz CT molecular complexity index is 661. The molecule has 3 fully saturated rings. The Morgan fingerprint density at radius 3 is 2.84 bits per heavy atom. The highest BCUT2D eigenvalue weighted by atomic mass is 19.1. The van der Waals surface area contributed by atoms with Crippen LogP contribution in [-0.2, 0) is 11.3 Å². The number of methoxy groups -OCH3 is 1. The number of piperidine rings is 1. The number of ether oxygens (including phenoxy) is 1. The zero-order valence-corrected chi connectivity index (χ0v) is 15.0. The number of amides is 1. The second-order valence-electron chi connectivity index (χ2n) is 8.01. The summed E-state index contributed by atoms with van der Waals surface area (Å²) in [7, 11) is 1.48. The second kappa shape index (κ2) is 6.60. The third kappa shape index (κ3) is 3.39. The standard InChI is InChI=1S/C20H27FN2O2/c1-25-18-6-5-16(11-17(18)21)12-22-10-8-20(14-22)7-2-9-23(19(20)24)13-15-3-4-15/h5-6,11,15H,2-4,7-10,12-14H2,1H3. The molecule has 1 aromatic carbocycles. The van der Waals surface area contributed by atoms with Crippen LogP contribution in [0.3, 0.4) is 0 Å². The summed E-state index contributed by atoms with van der Waals surface area (Å²) in [6, 6.07) is 5.14. The summed E-state index contributed by atoms with van der Waals surface area (Å²) in [5.41, 5.74) is 0.742. The SMILES string of the molecule is COc1ccc(CN2CCC3(CCCN(CC4CC4)C3=O)C2)cc1F. The van der Waals surface area contributed by atoms with Crippen molar-refractivity contribution in [2.45, 2.75) is 38.6 Å². The van der Waals surface area contributed by atoms with Crippen molar-refractivity contribution in [3.05, 3.63) is 29.6 Å². The Hall–Kier alpha value is -1.62. The van der Waals surface area contributed by atoms with E-state index in [1.165, 1.54) is 20.0 Å². The Morgan fingerprint density at radius 2 is 2.12 bits per heavy atom. The molecule has 1 unspecified atom stereocenters. The van der Waals surface area contributed by atoms with Crippen molar-refractivity contribution in [1.29, 1.82) is 0 Å². The van der Waals surface area contributed by atoms with Gasteiger partial charge < -0.3 is 9.64 Å². The molecule has 1 spiro atoms. The van der Waals surface area contributed by atoms with Crippen molar-refractivity contribution in [3.63, 3.8) is 0 Å². The van der Waals surface area contributed by atoms with Gasteiger partial charge in [0.15, 0.2) is 11.6 Å². The maximum Gasteiger partial charge on any atom is 0.230 e. The molecule has 136 valence electrons. The molecule has 2 saturated heterocycles. The van der Waals surface area contributed by atoms with Crippen molar-refractivity contribution < 1.29 is 13.9 Å². The van der Waals surface area contributed by atoms with Crippen molar-refractivity contribution in [1.82, 2.24) is 9.80 Å². The number of nitrogens with zero attached hydrogens (tertiary/aromatic N) is 2. The molecule has 1 atom stereocenters. The summed E-state index contributed by atoms with van der Waals surface area (Å²) in [6.07, 6.45) is 5.62. The van der Waals surface area contributed by atoms with Crippen LogP contribution < -0.4 is 4.74 Å². The van der Waals surface area contributed by atoms with Gasteiger partial charge in [-0.3, -0.25) is 9.69 Å². The molecule has 4 rings (SSSR count). The van der Waals surface area contributed by atoms with E-state index in [1.54, 1.807) is 12.1 Å². The van der Waals surface area contributed by atoms with Gasteiger partial charge in [0.2, 0.25) is 5.91 Å². The van der Waals surface area contributed by atoms with E-state index in [0.717, 1.165) is 56.9 Å². The largest absolute Gasteiger partial charge is 0.494 e. The van der Waals surface area contributed by atoms with Gasteiger partial charge in [0.05, 0.1) is 12.5 Å². The predicted octanol–water partition coefficient (Wildman–Crippen LogP) is 3.06. The van der Waals surface area contributed by atoms with Crippen LogP contribution in [0.2, 0.25) is 0 Å². The number of carbonyl (C=O) groups is 1. The molecule has 3 aliphatic rings. The maximum absolute atomic E-state index is 13.9. The molecule has 0 bridgehead atoms. The zero-order chi connectivity index (χ0) is 17.4. The smallest absolute Gasteiger partial charge is 0.230 e. The number of likely N-dealkylation sites (tertiary alicyclic amines) is 2. The van der Waals surface area contributed by atoms with Crippen molar-refractivity contribution in [2.24, 2.45) is 11.3 Å². The highest BCUT2D eigenvalue weighted by Gasteiger charge is 2.48. The first-order valence-electron chi connectivity index (χ1n) is 9.44. The van der Waals surface area contributed by atoms with Gasteiger partial charge in [-0.25, -0.2) is 4.39 Å². The number of rotatable bonds is 5. The molecule has 1 aromatic rings. The van der Waals surface area contributed by atoms with E-state index in [1.807, 2.05) is 6.07 Å². The van der Waals surface area contributed by atoms with E-state index < -0.39 is 0 Å². The second-order valence-corrected chi connectivity index (χ2v) is 8.01. The van der Waals surface area contributed by atoms with Crippen molar-refractivity contribution in [3.8, 4) is 5.75 Å². The first kappa shape index (κ1) is 16.8. The summed E-state index contributed by atoms with van der Waals surface area (Å²) in [4.78, 5) is 17.5. The van der Waals surface area contributed by atoms with Crippen molar-refractivity contribution >= 4 is 5.91 Å². The van der Waals surface area contributed by atoms with Crippen LogP contribution in [0.25, 0.3) is 0 Å². The van der Waals surface area contributed by atoms with E-state index in [0.29, 0.717) is 12.5 Å². The Balaban J connectivity index is 1.41. The third-order valence-electron chi connectivity index (χ3n) is 6.06. The van der Waals surface area contributed by atoms with Crippen LogP contribution in [0.4, 0.5) is 4.39 Å². The average Bonchev–Trinajstić information content (AvgIpc) is 3.33. The summed E-state index contributed by atoms with van der Waals surface area (Å²) >= 11 is 0. The highest BCUT2D eigenvalue weighted by molar-refractivity contribution is 5.84. The molecule has 0 N–H and O–H groups in total. The lowest BCUT2D eigenvalue weighted by atomic mass is 9.78. The molecule has 25 heavy (non-hydrogen) atoms.